The fourth-order valence-electron chi connectivity index (χ4n) is 2.92. The molecule has 0 unspecified atom stereocenters. The molecule has 1 N–H and O–H groups in total. The highest BCUT2D eigenvalue weighted by molar-refractivity contribution is 7.54. The van der Waals surface area contributed by atoms with Crippen LogP contribution in [0.5, 0.6) is 0 Å². The van der Waals surface area contributed by atoms with E-state index < -0.39 is 19.3 Å². The van der Waals surface area contributed by atoms with E-state index in [1.807, 2.05) is 6.07 Å². The number of nitrogens with one attached hydrogen (secondary N) is 1. The standard InChI is InChI=1S/C19H19Cl2N2O4P/c1-3-26-28(25,27-4-2)19(12-8-6-5-7-9-12)23-17-14-10-13(20)11-15(21)16(14)22-18(17)24/h5-11,19H,3-4H2,1-2H3,(H,22,23,24)/t19-/m0/s1. The van der Waals surface area contributed by atoms with Gasteiger partial charge in [0.15, 0.2) is 5.78 Å². The number of hydrogen-bond donors (Lipinski definition) is 1. The molecule has 1 aliphatic heterocycles. The number of rotatable bonds is 7. The van der Waals surface area contributed by atoms with Crippen molar-refractivity contribution < 1.29 is 18.4 Å². The van der Waals surface area contributed by atoms with E-state index in [2.05, 4.69) is 10.3 Å². The molecule has 1 aliphatic rings. The molecular formula is C19H19Cl2N2O4P. The number of carbonyl (C=O) groups is 1. The van der Waals surface area contributed by atoms with E-state index in [-0.39, 0.29) is 18.9 Å². The highest BCUT2D eigenvalue weighted by atomic mass is 35.5. The quantitative estimate of drug-likeness (QED) is 0.560. The summed E-state index contributed by atoms with van der Waals surface area (Å²) in [5, 5.41) is 3.35. The lowest BCUT2D eigenvalue weighted by Gasteiger charge is -2.24. The van der Waals surface area contributed by atoms with Crippen LogP contribution < -0.4 is 5.32 Å². The Labute approximate surface area is 173 Å². The van der Waals surface area contributed by atoms with Crippen LogP contribution in [0.1, 0.15) is 30.8 Å². The maximum absolute atomic E-state index is 13.5. The summed E-state index contributed by atoms with van der Waals surface area (Å²) >= 11 is 12.3. The van der Waals surface area contributed by atoms with Gasteiger partial charge in [0.2, 0.25) is 0 Å². The molecule has 0 radical (unpaired) electrons. The van der Waals surface area contributed by atoms with Gasteiger partial charge in [0.1, 0.15) is 5.71 Å². The Hall–Kier alpha value is -1.69. The molecule has 0 saturated carbocycles. The van der Waals surface area contributed by atoms with E-state index in [0.29, 0.717) is 26.9 Å². The second-order valence-corrected chi connectivity index (χ2v) is 8.83. The minimum absolute atomic E-state index is 0.0767. The molecule has 148 valence electrons. The molecule has 0 fully saturated rings. The number of aliphatic imine (C=N–C) groups is 1. The zero-order chi connectivity index (χ0) is 20.3. The smallest absolute Gasteiger partial charge is 0.319 e. The van der Waals surface area contributed by atoms with Crippen LogP contribution in [0.2, 0.25) is 10.0 Å². The predicted molar refractivity (Wildman–Crippen MR) is 112 cm³/mol. The monoisotopic (exact) mass is 440 g/mol. The topological polar surface area (TPSA) is 77.0 Å². The molecule has 0 saturated heterocycles. The van der Waals surface area contributed by atoms with Crippen LogP contribution in [0.3, 0.4) is 0 Å². The molecule has 2 aromatic rings. The van der Waals surface area contributed by atoms with Crippen molar-refractivity contribution in [2.75, 3.05) is 18.5 Å². The SMILES string of the molecule is CCOP(=O)(OCC)[C@H](/N=C1\C(=O)Nc2c(Cl)cc(Cl)cc21)c1ccccc1. The number of carbonyl (C=O) groups excluding carboxylic acids is 1. The van der Waals surface area contributed by atoms with E-state index in [4.69, 9.17) is 32.2 Å². The number of benzene rings is 2. The number of halogens is 2. The zero-order valence-corrected chi connectivity index (χ0v) is 17.7. The van der Waals surface area contributed by atoms with E-state index in [9.17, 15) is 9.36 Å². The van der Waals surface area contributed by atoms with Crippen molar-refractivity contribution in [1.82, 2.24) is 0 Å². The Kier molecular flexibility index (Phi) is 6.58. The van der Waals surface area contributed by atoms with Gasteiger partial charge in [-0.15, -0.1) is 0 Å². The molecule has 3 rings (SSSR count). The first-order chi connectivity index (χ1) is 13.4. The van der Waals surface area contributed by atoms with Crippen LogP contribution in [0, 0.1) is 0 Å². The number of hydrogen-bond acceptors (Lipinski definition) is 5. The molecule has 0 aromatic heterocycles. The fourth-order valence-corrected chi connectivity index (χ4v) is 5.34. The molecule has 6 nitrogen and oxygen atoms in total. The van der Waals surface area contributed by atoms with E-state index in [1.165, 1.54) is 6.07 Å². The summed E-state index contributed by atoms with van der Waals surface area (Å²) < 4.78 is 24.5. The first-order valence-electron chi connectivity index (χ1n) is 8.72. The number of nitrogens with zero attached hydrogens (tertiary/aromatic N) is 1. The van der Waals surface area contributed by atoms with Crippen LogP contribution in [0.15, 0.2) is 47.5 Å². The van der Waals surface area contributed by atoms with Gasteiger partial charge >= 0.3 is 7.60 Å². The average molecular weight is 441 g/mol. The molecule has 1 heterocycles. The number of fused-ring (bicyclic) bond motifs is 1. The van der Waals surface area contributed by atoms with Gasteiger partial charge in [0, 0.05) is 10.6 Å². The van der Waals surface area contributed by atoms with Crippen molar-refractivity contribution in [3.8, 4) is 0 Å². The molecule has 0 spiro atoms. The van der Waals surface area contributed by atoms with Crippen molar-refractivity contribution in [3.05, 3.63) is 63.6 Å². The molecular weight excluding hydrogens is 422 g/mol. The Morgan fingerprint density at radius 1 is 1.11 bits per heavy atom. The molecule has 0 bridgehead atoms. The summed E-state index contributed by atoms with van der Waals surface area (Å²) in [6.45, 7) is 3.79. The van der Waals surface area contributed by atoms with Crippen LogP contribution in [-0.2, 0) is 18.4 Å². The van der Waals surface area contributed by atoms with E-state index in [1.54, 1.807) is 44.2 Å². The van der Waals surface area contributed by atoms with Crippen LogP contribution in [-0.4, -0.2) is 24.8 Å². The molecule has 1 amide bonds. The summed E-state index contributed by atoms with van der Waals surface area (Å²) in [6, 6.07) is 12.1. The van der Waals surface area contributed by atoms with Gasteiger partial charge < -0.3 is 14.4 Å². The van der Waals surface area contributed by atoms with Crippen molar-refractivity contribution in [2.24, 2.45) is 4.99 Å². The van der Waals surface area contributed by atoms with E-state index >= 15 is 0 Å². The molecule has 28 heavy (non-hydrogen) atoms. The third-order valence-corrected chi connectivity index (χ3v) is 6.80. The second kappa shape index (κ2) is 8.76. The van der Waals surface area contributed by atoms with Gasteiger partial charge in [-0.1, -0.05) is 53.5 Å². The van der Waals surface area contributed by atoms with Gasteiger partial charge in [0.25, 0.3) is 5.91 Å². The predicted octanol–water partition coefficient (Wildman–Crippen LogP) is 5.70. The lowest BCUT2D eigenvalue weighted by atomic mass is 10.1. The maximum Gasteiger partial charge on any atom is 0.359 e. The van der Waals surface area contributed by atoms with Crippen molar-refractivity contribution in [1.29, 1.82) is 0 Å². The minimum atomic E-state index is -3.70. The summed E-state index contributed by atoms with van der Waals surface area (Å²) in [6.07, 6.45) is 0. The summed E-state index contributed by atoms with van der Waals surface area (Å²) in [7, 11) is -3.70. The summed E-state index contributed by atoms with van der Waals surface area (Å²) in [5.41, 5.74) is 1.55. The van der Waals surface area contributed by atoms with Crippen molar-refractivity contribution in [3.63, 3.8) is 0 Å². The third kappa shape index (κ3) is 4.17. The number of anilines is 1. The first kappa shape index (κ1) is 21.0. The van der Waals surface area contributed by atoms with Crippen LogP contribution in [0.25, 0.3) is 0 Å². The van der Waals surface area contributed by atoms with Gasteiger partial charge in [-0.2, -0.15) is 0 Å². The van der Waals surface area contributed by atoms with E-state index in [0.717, 1.165) is 0 Å². The van der Waals surface area contributed by atoms with Crippen LogP contribution in [0.4, 0.5) is 5.69 Å². The Morgan fingerprint density at radius 3 is 2.36 bits per heavy atom. The van der Waals surface area contributed by atoms with Crippen LogP contribution >= 0.6 is 30.8 Å². The molecule has 9 heteroatoms. The van der Waals surface area contributed by atoms with Crippen molar-refractivity contribution >= 4 is 48.1 Å². The highest BCUT2D eigenvalue weighted by Gasteiger charge is 2.39. The van der Waals surface area contributed by atoms with Crippen molar-refractivity contribution in [2.45, 2.75) is 19.6 Å². The van der Waals surface area contributed by atoms with Gasteiger partial charge in [-0.25, -0.2) is 0 Å². The first-order valence-corrected chi connectivity index (χ1v) is 11.1. The maximum atomic E-state index is 13.5. The highest BCUT2D eigenvalue weighted by Crippen LogP contribution is 2.62. The lowest BCUT2D eigenvalue weighted by Crippen LogP contribution is -2.17. The molecule has 0 aliphatic carbocycles. The lowest BCUT2D eigenvalue weighted by molar-refractivity contribution is -0.110. The Balaban J connectivity index is 2.18. The van der Waals surface area contributed by atoms with Gasteiger partial charge in [-0.05, 0) is 31.5 Å². The summed E-state index contributed by atoms with van der Waals surface area (Å²) in [4.78, 5) is 17.1. The summed E-state index contributed by atoms with van der Waals surface area (Å²) in [5.74, 6) is -1.47. The van der Waals surface area contributed by atoms with Gasteiger partial charge in [-0.3, -0.25) is 14.4 Å². The minimum Gasteiger partial charge on any atom is -0.319 e. The Bertz CT molecular complexity index is 956. The largest absolute Gasteiger partial charge is 0.359 e. The normalized spacial score (nSPS) is 16.1. The second-order valence-electron chi connectivity index (χ2n) is 5.90. The average Bonchev–Trinajstić information content (AvgIpc) is 2.96. The number of amides is 1. The third-order valence-electron chi connectivity index (χ3n) is 4.03. The molecule has 1 atom stereocenters. The Morgan fingerprint density at radius 2 is 1.75 bits per heavy atom. The zero-order valence-electron chi connectivity index (χ0n) is 15.3. The molecule has 2 aromatic carbocycles. The fraction of sp³-hybridized carbons (Fsp3) is 0.263. The van der Waals surface area contributed by atoms with Gasteiger partial charge in [0.05, 0.1) is 23.9 Å².